The number of sulfonamides is 1. The zero-order valence-electron chi connectivity index (χ0n) is 17.7. The van der Waals surface area contributed by atoms with Crippen molar-refractivity contribution in [1.29, 1.82) is 0 Å². The van der Waals surface area contributed by atoms with Crippen molar-refractivity contribution in [2.45, 2.75) is 30.4 Å². The molecule has 1 heterocycles. The maximum Gasteiger partial charge on any atom is 0.274 e. The van der Waals surface area contributed by atoms with Crippen molar-refractivity contribution < 1.29 is 17.9 Å². The van der Waals surface area contributed by atoms with Crippen LogP contribution in [0.2, 0.25) is 0 Å². The highest BCUT2D eigenvalue weighted by Crippen LogP contribution is 2.33. The number of carbonyl (C=O) groups excluding carboxylic acids is 1. The van der Waals surface area contributed by atoms with Gasteiger partial charge in [0.2, 0.25) is 5.91 Å². The molecule has 0 saturated carbocycles. The second kappa shape index (κ2) is 9.98. The average Bonchev–Trinajstić information content (AvgIpc) is 3.33. The smallest absolute Gasteiger partial charge is 0.274 e. The minimum absolute atomic E-state index is 0.157. The van der Waals surface area contributed by atoms with E-state index in [9.17, 15) is 13.2 Å². The molecule has 0 unspecified atom stereocenters. The molecule has 2 aromatic carbocycles. The van der Waals surface area contributed by atoms with E-state index in [1.54, 1.807) is 35.7 Å². The molecule has 0 radical (unpaired) electrons. The number of para-hydroxylation sites is 2. The summed E-state index contributed by atoms with van der Waals surface area (Å²) in [5.41, 5.74) is 2.11. The lowest BCUT2D eigenvalue weighted by Gasteiger charge is -2.25. The summed E-state index contributed by atoms with van der Waals surface area (Å²) in [4.78, 5) is 12.8. The molecular weight excluding hydrogens is 432 g/mol. The molecule has 0 aliphatic heterocycles. The number of nitrogens with zero attached hydrogens (tertiary/aromatic N) is 1. The fourth-order valence-electron chi connectivity index (χ4n) is 3.12. The molecule has 0 bridgehead atoms. The first-order valence-corrected chi connectivity index (χ1v) is 12.3. The van der Waals surface area contributed by atoms with Gasteiger partial charge in [-0.05, 0) is 53.6 Å². The van der Waals surface area contributed by atoms with Gasteiger partial charge in [0.25, 0.3) is 10.0 Å². The molecule has 0 aliphatic rings. The summed E-state index contributed by atoms with van der Waals surface area (Å²) >= 11 is 1.10. The van der Waals surface area contributed by atoms with Gasteiger partial charge in [0.1, 0.15) is 16.5 Å². The largest absolute Gasteiger partial charge is 0.495 e. The van der Waals surface area contributed by atoms with E-state index in [0.717, 1.165) is 22.1 Å². The third kappa shape index (κ3) is 5.26. The number of thiophene rings is 1. The van der Waals surface area contributed by atoms with Crippen LogP contribution >= 0.6 is 11.3 Å². The molecule has 6 nitrogen and oxygen atoms in total. The topological polar surface area (TPSA) is 75.7 Å². The minimum Gasteiger partial charge on any atom is -0.495 e. The molecule has 1 amide bonds. The van der Waals surface area contributed by atoms with Crippen LogP contribution in [0.4, 0.5) is 11.4 Å². The van der Waals surface area contributed by atoms with Crippen molar-refractivity contribution in [1.82, 2.24) is 0 Å². The molecule has 0 fully saturated rings. The highest BCUT2D eigenvalue weighted by atomic mass is 32.2. The molecule has 3 aromatic rings. The molecule has 1 aromatic heterocycles. The van der Waals surface area contributed by atoms with Crippen molar-refractivity contribution in [3.63, 3.8) is 0 Å². The molecule has 1 N–H and O–H groups in total. The molecule has 0 aliphatic carbocycles. The average molecular weight is 459 g/mol. The van der Waals surface area contributed by atoms with Crippen molar-refractivity contribution in [3.05, 3.63) is 71.6 Å². The Balaban J connectivity index is 1.87. The maximum atomic E-state index is 13.3. The molecule has 0 saturated heterocycles. The Kier molecular flexibility index (Phi) is 7.35. The Hall–Kier alpha value is -2.84. The number of rotatable bonds is 9. The zero-order valence-corrected chi connectivity index (χ0v) is 19.4. The van der Waals surface area contributed by atoms with Gasteiger partial charge in [0, 0.05) is 5.69 Å². The van der Waals surface area contributed by atoms with Crippen molar-refractivity contribution in [2.24, 2.45) is 0 Å². The summed E-state index contributed by atoms with van der Waals surface area (Å²) in [5.74, 6) is 0.359. The van der Waals surface area contributed by atoms with Gasteiger partial charge in [-0.25, -0.2) is 8.42 Å². The van der Waals surface area contributed by atoms with Gasteiger partial charge in [-0.1, -0.05) is 44.2 Å². The Bertz CT molecular complexity index is 1110. The van der Waals surface area contributed by atoms with Gasteiger partial charge in [-0.2, -0.15) is 0 Å². The number of nitrogens with one attached hydrogen (secondary N) is 1. The number of methoxy groups -OCH3 is 1. The predicted molar refractivity (Wildman–Crippen MR) is 126 cm³/mol. The van der Waals surface area contributed by atoms with Crippen LogP contribution in [0.25, 0.3) is 0 Å². The number of carbonyl (C=O) groups is 1. The lowest BCUT2D eigenvalue weighted by molar-refractivity contribution is -0.114. The summed E-state index contributed by atoms with van der Waals surface area (Å²) < 4.78 is 33.2. The summed E-state index contributed by atoms with van der Waals surface area (Å²) in [6.45, 7) is 3.89. The molecular formula is C23H26N2O4S2. The van der Waals surface area contributed by atoms with Gasteiger partial charge in [-0.3, -0.25) is 9.10 Å². The van der Waals surface area contributed by atoms with E-state index < -0.39 is 15.9 Å². The lowest BCUT2D eigenvalue weighted by atomic mass is 9.99. The van der Waals surface area contributed by atoms with Crippen molar-refractivity contribution in [2.75, 3.05) is 23.3 Å². The quantitative estimate of drug-likeness (QED) is 0.484. The summed E-state index contributed by atoms with van der Waals surface area (Å²) in [6, 6.07) is 17.5. The van der Waals surface area contributed by atoms with E-state index in [0.29, 0.717) is 23.0 Å². The van der Waals surface area contributed by atoms with E-state index in [1.807, 2.05) is 24.3 Å². The highest BCUT2D eigenvalue weighted by molar-refractivity contribution is 7.94. The standard InChI is InChI=1S/C23H26N2O4S2/c1-4-17(2)18-11-13-19(14-12-18)24-22(26)16-25(20-8-5-6-9-21(20)29-3)31(27,28)23-10-7-15-30-23/h5-15,17H,4,16H2,1-3H3,(H,24,26)/t17-/m0/s1. The first kappa shape index (κ1) is 22.8. The van der Waals surface area contributed by atoms with Crippen LogP contribution in [-0.2, 0) is 14.8 Å². The molecule has 1 atom stereocenters. The van der Waals surface area contributed by atoms with Crippen molar-refractivity contribution >= 4 is 38.6 Å². The fourth-order valence-corrected chi connectivity index (χ4v) is 5.65. The number of hydrogen-bond acceptors (Lipinski definition) is 5. The maximum absolute atomic E-state index is 13.3. The van der Waals surface area contributed by atoms with Gasteiger partial charge in [-0.15, -0.1) is 11.3 Å². The van der Waals surface area contributed by atoms with E-state index >= 15 is 0 Å². The van der Waals surface area contributed by atoms with Crippen LogP contribution in [0.1, 0.15) is 31.7 Å². The normalized spacial score (nSPS) is 12.2. The van der Waals surface area contributed by atoms with Crippen LogP contribution in [0.5, 0.6) is 5.75 Å². The Morgan fingerprint density at radius 3 is 2.42 bits per heavy atom. The molecule has 3 rings (SSSR count). The minimum atomic E-state index is -3.94. The first-order chi connectivity index (χ1) is 14.9. The van der Waals surface area contributed by atoms with E-state index in [2.05, 4.69) is 19.2 Å². The second-order valence-corrected chi connectivity index (χ2v) is 10.1. The summed E-state index contributed by atoms with van der Waals surface area (Å²) in [6.07, 6.45) is 1.03. The fraction of sp³-hybridized carbons (Fsp3) is 0.261. The monoisotopic (exact) mass is 458 g/mol. The van der Waals surface area contributed by atoms with Crippen LogP contribution in [0, 0.1) is 0 Å². The Labute approximate surface area is 187 Å². The molecule has 31 heavy (non-hydrogen) atoms. The Morgan fingerprint density at radius 2 is 1.81 bits per heavy atom. The number of amides is 1. The predicted octanol–water partition coefficient (Wildman–Crippen LogP) is 5.10. The SMILES string of the molecule is CC[C@H](C)c1ccc(NC(=O)CN(c2ccccc2OC)S(=O)(=O)c2cccs2)cc1. The van der Waals surface area contributed by atoms with E-state index in [1.165, 1.54) is 18.7 Å². The third-order valence-electron chi connectivity index (χ3n) is 5.06. The molecule has 164 valence electrons. The first-order valence-electron chi connectivity index (χ1n) is 9.96. The number of hydrogen-bond donors (Lipinski definition) is 1. The van der Waals surface area contributed by atoms with Gasteiger partial charge in [0.05, 0.1) is 12.8 Å². The lowest BCUT2D eigenvalue weighted by Crippen LogP contribution is -2.38. The van der Waals surface area contributed by atoms with Crippen molar-refractivity contribution in [3.8, 4) is 5.75 Å². The van der Waals surface area contributed by atoms with Crippen LogP contribution in [0.15, 0.2) is 70.3 Å². The van der Waals surface area contributed by atoms with Gasteiger partial charge >= 0.3 is 0 Å². The summed E-state index contributed by atoms with van der Waals surface area (Å²) in [7, 11) is -2.48. The molecule has 8 heteroatoms. The van der Waals surface area contributed by atoms with E-state index in [-0.39, 0.29) is 10.8 Å². The van der Waals surface area contributed by atoms with Crippen LogP contribution in [0.3, 0.4) is 0 Å². The Morgan fingerprint density at radius 1 is 1.10 bits per heavy atom. The van der Waals surface area contributed by atoms with E-state index in [4.69, 9.17) is 4.74 Å². The molecule has 0 spiro atoms. The van der Waals surface area contributed by atoms with Gasteiger partial charge < -0.3 is 10.1 Å². The van der Waals surface area contributed by atoms with Crippen LogP contribution in [-0.4, -0.2) is 28.0 Å². The number of anilines is 2. The third-order valence-corrected chi connectivity index (χ3v) is 8.19. The zero-order chi connectivity index (χ0) is 22.4. The van der Waals surface area contributed by atoms with Gasteiger partial charge in [0.15, 0.2) is 0 Å². The summed E-state index contributed by atoms with van der Waals surface area (Å²) in [5, 5.41) is 4.49. The highest BCUT2D eigenvalue weighted by Gasteiger charge is 2.30. The second-order valence-electron chi connectivity index (χ2n) is 7.10. The number of benzene rings is 2. The number of ether oxygens (including phenoxy) is 1. The van der Waals surface area contributed by atoms with Crippen LogP contribution < -0.4 is 14.4 Å².